The van der Waals surface area contributed by atoms with Crippen molar-refractivity contribution in [3.63, 3.8) is 0 Å². The van der Waals surface area contributed by atoms with Crippen LogP contribution in [0.25, 0.3) is 0 Å². The van der Waals surface area contributed by atoms with Gasteiger partial charge in [-0.1, -0.05) is 6.07 Å². The van der Waals surface area contributed by atoms with Gasteiger partial charge in [0.05, 0.1) is 28.0 Å². The van der Waals surface area contributed by atoms with Crippen LogP contribution < -0.4 is 4.74 Å². The molecule has 9 nitrogen and oxygen atoms in total. The van der Waals surface area contributed by atoms with Crippen molar-refractivity contribution in [1.29, 1.82) is 5.26 Å². The van der Waals surface area contributed by atoms with Crippen molar-refractivity contribution >= 4 is 15.7 Å². The molecule has 10 heteroatoms. The Labute approximate surface area is 149 Å². The molecule has 0 N–H and O–H groups in total. The molecule has 2 heterocycles. The second kappa shape index (κ2) is 7.07. The van der Waals surface area contributed by atoms with Crippen LogP contribution in [0.15, 0.2) is 47.5 Å². The number of rotatable bonds is 5. The fraction of sp³-hybridized carbons (Fsp3) is 0.250. The number of nitriles is 1. The molecule has 1 unspecified atom stereocenters. The predicted molar refractivity (Wildman–Crippen MR) is 89.8 cm³/mol. The summed E-state index contributed by atoms with van der Waals surface area (Å²) in [5.74, 6) is 0.253. The zero-order valence-corrected chi connectivity index (χ0v) is 14.3. The molecule has 1 aliphatic rings. The third kappa shape index (κ3) is 3.63. The maximum atomic E-state index is 12.7. The van der Waals surface area contributed by atoms with Gasteiger partial charge in [-0.05, 0) is 18.6 Å². The summed E-state index contributed by atoms with van der Waals surface area (Å²) in [6.07, 6.45) is 1.48. The third-order valence-electron chi connectivity index (χ3n) is 3.93. The minimum Gasteiger partial charge on any atom is -0.473 e. The van der Waals surface area contributed by atoms with Crippen LogP contribution in [0.3, 0.4) is 0 Å². The Morgan fingerprint density at radius 3 is 2.88 bits per heavy atom. The van der Waals surface area contributed by atoms with Gasteiger partial charge in [-0.3, -0.25) is 10.1 Å². The van der Waals surface area contributed by atoms with Crippen LogP contribution in [-0.4, -0.2) is 41.8 Å². The molecular weight excluding hydrogens is 360 g/mol. The first-order valence-corrected chi connectivity index (χ1v) is 9.11. The maximum Gasteiger partial charge on any atom is 0.270 e. The molecule has 1 saturated heterocycles. The number of hydrogen-bond acceptors (Lipinski definition) is 7. The number of non-ortho nitro benzene ring substituents is 1. The van der Waals surface area contributed by atoms with Gasteiger partial charge in [0.25, 0.3) is 5.69 Å². The molecule has 3 rings (SSSR count). The summed E-state index contributed by atoms with van der Waals surface area (Å²) in [6, 6.07) is 9.96. The van der Waals surface area contributed by atoms with Gasteiger partial charge < -0.3 is 4.74 Å². The number of aromatic nitrogens is 1. The summed E-state index contributed by atoms with van der Waals surface area (Å²) < 4.78 is 32.3. The Bertz CT molecular complexity index is 986. The van der Waals surface area contributed by atoms with Crippen molar-refractivity contribution in [2.24, 2.45) is 0 Å². The fourth-order valence-corrected chi connectivity index (χ4v) is 4.16. The fourth-order valence-electron chi connectivity index (χ4n) is 2.63. The number of sulfonamides is 1. The van der Waals surface area contributed by atoms with Crippen molar-refractivity contribution in [2.45, 2.75) is 17.4 Å². The first kappa shape index (κ1) is 17.8. The van der Waals surface area contributed by atoms with Crippen molar-refractivity contribution in [1.82, 2.24) is 9.29 Å². The Hall–Kier alpha value is -3.03. The van der Waals surface area contributed by atoms with Gasteiger partial charge in [-0.25, -0.2) is 13.4 Å². The van der Waals surface area contributed by atoms with E-state index >= 15 is 0 Å². The van der Waals surface area contributed by atoms with Crippen molar-refractivity contribution in [3.05, 3.63) is 58.3 Å². The molecule has 0 radical (unpaired) electrons. The summed E-state index contributed by atoms with van der Waals surface area (Å²) in [7, 11) is -3.86. The van der Waals surface area contributed by atoms with Crippen LogP contribution in [0.1, 0.15) is 12.0 Å². The molecule has 1 aromatic heterocycles. The van der Waals surface area contributed by atoms with Crippen molar-refractivity contribution in [3.8, 4) is 11.9 Å². The van der Waals surface area contributed by atoms with Gasteiger partial charge in [-0.15, -0.1) is 0 Å². The van der Waals surface area contributed by atoms with E-state index in [1.54, 1.807) is 6.07 Å². The zero-order chi connectivity index (χ0) is 18.7. The Kier molecular flexibility index (Phi) is 4.83. The van der Waals surface area contributed by atoms with Gasteiger partial charge in [0.15, 0.2) is 0 Å². The third-order valence-corrected chi connectivity index (χ3v) is 5.79. The minimum atomic E-state index is -3.86. The summed E-state index contributed by atoms with van der Waals surface area (Å²) in [5, 5.41) is 19.7. The summed E-state index contributed by atoms with van der Waals surface area (Å²) >= 11 is 0. The Morgan fingerprint density at radius 2 is 2.15 bits per heavy atom. The van der Waals surface area contributed by atoms with Crippen molar-refractivity contribution in [2.75, 3.05) is 13.1 Å². The molecule has 0 aliphatic carbocycles. The van der Waals surface area contributed by atoms with Crippen LogP contribution in [0, 0.1) is 21.4 Å². The highest BCUT2D eigenvalue weighted by molar-refractivity contribution is 7.89. The molecule has 26 heavy (non-hydrogen) atoms. The predicted octanol–water partition coefficient (Wildman–Crippen LogP) is 1.70. The molecule has 1 fully saturated rings. The smallest absolute Gasteiger partial charge is 0.270 e. The van der Waals surface area contributed by atoms with E-state index in [9.17, 15) is 18.5 Å². The standard InChI is InChI=1S/C16H14N4O5S/c17-10-12-4-6-18-16(8-12)25-14-5-7-19(11-14)26(23,24)15-3-1-2-13(9-15)20(21)22/h1-4,6,8-9,14H,5,7,11H2. The van der Waals surface area contributed by atoms with E-state index < -0.39 is 21.1 Å². The number of pyridine rings is 1. The van der Waals surface area contributed by atoms with Crippen LogP contribution in [0.5, 0.6) is 5.88 Å². The van der Waals surface area contributed by atoms with Gasteiger partial charge >= 0.3 is 0 Å². The topological polar surface area (TPSA) is 126 Å². The van der Waals surface area contributed by atoms with Crippen LogP contribution >= 0.6 is 0 Å². The lowest BCUT2D eigenvalue weighted by molar-refractivity contribution is -0.385. The number of nitrogens with zero attached hydrogens (tertiary/aromatic N) is 4. The van der Waals surface area contributed by atoms with Gasteiger partial charge in [0.1, 0.15) is 6.10 Å². The van der Waals surface area contributed by atoms with Crippen LogP contribution in [0.4, 0.5) is 5.69 Å². The first-order valence-electron chi connectivity index (χ1n) is 7.67. The average Bonchev–Trinajstić information content (AvgIpc) is 3.11. The Morgan fingerprint density at radius 1 is 1.35 bits per heavy atom. The monoisotopic (exact) mass is 374 g/mol. The molecule has 1 aliphatic heterocycles. The van der Waals surface area contributed by atoms with Gasteiger partial charge in [0.2, 0.25) is 15.9 Å². The number of ether oxygens (including phenoxy) is 1. The highest BCUT2D eigenvalue weighted by Crippen LogP contribution is 2.25. The largest absolute Gasteiger partial charge is 0.473 e. The van der Waals surface area contributed by atoms with E-state index in [-0.39, 0.29) is 29.6 Å². The van der Waals surface area contributed by atoms with E-state index in [0.29, 0.717) is 12.0 Å². The number of nitro benzene ring substituents is 1. The number of benzene rings is 1. The number of hydrogen-bond donors (Lipinski definition) is 0. The highest BCUT2D eigenvalue weighted by Gasteiger charge is 2.34. The maximum absolute atomic E-state index is 12.7. The van der Waals surface area contributed by atoms with Crippen LogP contribution in [-0.2, 0) is 10.0 Å². The lowest BCUT2D eigenvalue weighted by atomic mass is 10.3. The summed E-state index contributed by atoms with van der Waals surface area (Å²) in [5.41, 5.74) is 0.115. The lowest BCUT2D eigenvalue weighted by Crippen LogP contribution is -2.31. The van der Waals surface area contributed by atoms with E-state index in [0.717, 1.165) is 6.07 Å². The molecule has 2 aromatic rings. The quantitative estimate of drug-likeness (QED) is 0.576. The molecule has 0 saturated carbocycles. The van der Waals surface area contributed by atoms with E-state index in [1.165, 1.54) is 34.8 Å². The van der Waals surface area contributed by atoms with Gasteiger partial charge in [0, 0.05) is 30.9 Å². The van der Waals surface area contributed by atoms with E-state index in [1.807, 2.05) is 6.07 Å². The Balaban J connectivity index is 1.74. The molecular formula is C16H14N4O5S. The average molecular weight is 374 g/mol. The molecule has 134 valence electrons. The lowest BCUT2D eigenvalue weighted by Gasteiger charge is -2.17. The van der Waals surface area contributed by atoms with E-state index in [4.69, 9.17) is 10.00 Å². The first-order chi connectivity index (χ1) is 12.4. The molecule has 1 atom stereocenters. The SMILES string of the molecule is N#Cc1ccnc(OC2CCN(S(=O)(=O)c3cccc([N+](=O)[O-])c3)C2)c1. The zero-order valence-electron chi connectivity index (χ0n) is 13.5. The van der Waals surface area contributed by atoms with Crippen LogP contribution in [0.2, 0.25) is 0 Å². The summed E-state index contributed by atoms with van der Waals surface area (Å²) in [6.45, 7) is 0.330. The highest BCUT2D eigenvalue weighted by atomic mass is 32.2. The molecule has 0 spiro atoms. The normalized spacial score (nSPS) is 17.6. The molecule has 0 amide bonds. The second-order valence-electron chi connectivity index (χ2n) is 5.64. The van der Waals surface area contributed by atoms with Gasteiger partial charge in [-0.2, -0.15) is 9.57 Å². The summed E-state index contributed by atoms with van der Waals surface area (Å²) in [4.78, 5) is 14.1. The number of nitro groups is 1. The van der Waals surface area contributed by atoms with E-state index in [2.05, 4.69) is 4.98 Å². The molecule has 1 aromatic carbocycles. The van der Waals surface area contributed by atoms with Crippen molar-refractivity contribution < 1.29 is 18.1 Å². The molecule has 0 bridgehead atoms. The minimum absolute atomic E-state index is 0.101. The second-order valence-corrected chi connectivity index (χ2v) is 7.58.